The zero-order valence-corrected chi connectivity index (χ0v) is 12.7. The summed E-state index contributed by atoms with van der Waals surface area (Å²) in [5, 5.41) is 10.6. The van der Waals surface area contributed by atoms with E-state index >= 15 is 0 Å². The number of benzene rings is 1. The standard InChI is InChI=1S/C14H12N2O3S2/c17-13-12(21-14(20)15(13)8-10-1-2-10)7-9-3-5-11(6-4-9)16(18)19/h3-7,10H,1-2,8H2/b12-7-. The van der Waals surface area contributed by atoms with E-state index in [0.29, 0.717) is 21.7 Å². The van der Waals surface area contributed by atoms with Crippen molar-refractivity contribution >= 4 is 46.0 Å². The summed E-state index contributed by atoms with van der Waals surface area (Å²) in [6.45, 7) is 0.711. The van der Waals surface area contributed by atoms with E-state index in [-0.39, 0.29) is 11.6 Å². The Hall–Kier alpha value is -1.73. The number of hydrogen-bond donors (Lipinski definition) is 0. The molecule has 21 heavy (non-hydrogen) atoms. The predicted molar refractivity (Wildman–Crippen MR) is 85.7 cm³/mol. The first-order valence-corrected chi connectivity index (χ1v) is 7.77. The molecule has 1 aliphatic heterocycles. The zero-order valence-electron chi connectivity index (χ0n) is 11.0. The highest BCUT2D eigenvalue weighted by Crippen LogP contribution is 2.37. The molecular formula is C14H12N2O3S2. The van der Waals surface area contributed by atoms with E-state index in [1.54, 1.807) is 23.1 Å². The lowest BCUT2D eigenvalue weighted by atomic mass is 10.2. The van der Waals surface area contributed by atoms with Crippen LogP contribution in [0.15, 0.2) is 29.2 Å². The van der Waals surface area contributed by atoms with Crippen LogP contribution in [0.4, 0.5) is 5.69 Å². The number of thiocarbonyl (C=S) groups is 1. The number of carbonyl (C=O) groups excluding carboxylic acids is 1. The van der Waals surface area contributed by atoms with E-state index in [9.17, 15) is 14.9 Å². The molecule has 0 aromatic heterocycles. The molecule has 0 bridgehead atoms. The van der Waals surface area contributed by atoms with Crippen LogP contribution in [0, 0.1) is 16.0 Å². The van der Waals surface area contributed by atoms with Gasteiger partial charge in [-0.05, 0) is 42.5 Å². The number of thioether (sulfide) groups is 1. The maximum atomic E-state index is 12.3. The molecule has 0 atom stereocenters. The third-order valence-corrected chi connectivity index (χ3v) is 4.79. The van der Waals surface area contributed by atoms with Crippen LogP contribution in [0.5, 0.6) is 0 Å². The molecule has 108 valence electrons. The van der Waals surface area contributed by atoms with Crippen molar-refractivity contribution in [3.8, 4) is 0 Å². The molecule has 1 aromatic carbocycles. The molecule has 2 aliphatic rings. The number of rotatable bonds is 4. The third-order valence-electron chi connectivity index (χ3n) is 3.41. The number of non-ortho nitro benzene ring substituents is 1. The summed E-state index contributed by atoms with van der Waals surface area (Å²) in [5.41, 5.74) is 0.793. The molecule has 1 amide bonds. The SMILES string of the molecule is O=C1/C(=C/c2ccc([N+](=O)[O-])cc2)SC(=S)N1CC1CC1. The van der Waals surface area contributed by atoms with Crippen LogP contribution in [-0.2, 0) is 4.79 Å². The summed E-state index contributed by atoms with van der Waals surface area (Å²) in [4.78, 5) is 24.7. The summed E-state index contributed by atoms with van der Waals surface area (Å²) in [6.07, 6.45) is 4.06. The second-order valence-electron chi connectivity index (χ2n) is 5.08. The molecular weight excluding hydrogens is 308 g/mol. The summed E-state index contributed by atoms with van der Waals surface area (Å²) in [7, 11) is 0. The second-order valence-corrected chi connectivity index (χ2v) is 6.76. The monoisotopic (exact) mass is 320 g/mol. The van der Waals surface area contributed by atoms with Crippen molar-refractivity contribution in [3.05, 3.63) is 44.8 Å². The maximum Gasteiger partial charge on any atom is 0.269 e. The molecule has 0 radical (unpaired) electrons. The van der Waals surface area contributed by atoms with Crippen molar-refractivity contribution in [2.75, 3.05) is 6.54 Å². The molecule has 0 unspecified atom stereocenters. The molecule has 0 N–H and O–H groups in total. The van der Waals surface area contributed by atoms with Crippen LogP contribution in [0.2, 0.25) is 0 Å². The average Bonchev–Trinajstić information content (AvgIpc) is 3.23. The summed E-state index contributed by atoms with van der Waals surface area (Å²) in [5.74, 6) is 0.529. The van der Waals surface area contributed by atoms with Crippen LogP contribution in [-0.4, -0.2) is 26.6 Å². The summed E-state index contributed by atoms with van der Waals surface area (Å²) < 4.78 is 0.597. The molecule has 7 heteroatoms. The minimum atomic E-state index is -0.446. The molecule has 2 fully saturated rings. The van der Waals surface area contributed by atoms with Crippen molar-refractivity contribution in [1.82, 2.24) is 4.90 Å². The number of nitrogens with zero attached hydrogens (tertiary/aromatic N) is 2. The molecule has 1 heterocycles. The van der Waals surface area contributed by atoms with E-state index < -0.39 is 4.92 Å². The Bertz CT molecular complexity index is 651. The van der Waals surface area contributed by atoms with Crippen molar-refractivity contribution < 1.29 is 9.72 Å². The van der Waals surface area contributed by atoms with Crippen LogP contribution < -0.4 is 0 Å². The van der Waals surface area contributed by atoms with Crippen molar-refractivity contribution in [2.45, 2.75) is 12.8 Å². The van der Waals surface area contributed by atoms with Gasteiger partial charge in [0.25, 0.3) is 11.6 Å². The molecule has 1 saturated carbocycles. The number of nitro groups is 1. The molecule has 1 aromatic rings. The van der Waals surface area contributed by atoms with Gasteiger partial charge in [0, 0.05) is 18.7 Å². The fourth-order valence-electron chi connectivity index (χ4n) is 2.06. The van der Waals surface area contributed by atoms with Gasteiger partial charge in [0.05, 0.1) is 9.83 Å². The third kappa shape index (κ3) is 3.14. The van der Waals surface area contributed by atoms with E-state index in [4.69, 9.17) is 12.2 Å². The average molecular weight is 320 g/mol. The van der Waals surface area contributed by atoms with Gasteiger partial charge in [-0.2, -0.15) is 0 Å². The number of carbonyl (C=O) groups is 1. The quantitative estimate of drug-likeness (QED) is 0.369. The smallest absolute Gasteiger partial charge is 0.269 e. The van der Waals surface area contributed by atoms with Gasteiger partial charge in [-0.3, -0.25) is 19.8 Å². The van der Waals surface area contributed by atoms with Gasteiger partial charge in [0.15, 0.2) is 0 Å². The number of amides is 1. The summed E-state index contributed by atoms with van der Waals surface area (Å²) in [6, 6.07) is 6.12. The Kier molecular flexibility index (Phi) is 3.77. The number of hydrogen-bond acceptors (Lipinski definition) is 5. The lowest BCUT2D eigenvalue weighted by Crippen LogP contribution is -2.30. The zero-order chi connectivity index (χ0) is 15.0. The normalized spacial score (nSPS) is 20.4. The fourth-order valence-corrected chi connectivity index (χ4v) is 3.33. The lowest BCUT2D eigenvalue weighted by Gasteiger charge is -2.12. The second kappa shape index (κ2) is 5.57. The van der Waals surface area contributed by atoms with Gasteiger partial charge < -0.3 is 0 Å². The minimum Gasteiger partial charge on any atom is -0.293 e. The fraction of sp³-hybridized carbons (Fsp3) is 0.286. The van der Waals surface area contributed by atoms with Crippen molar-refractivity contribution in [1.29, 1.82) is 0 Å². The van der Waals surface area contributed by atoms with Gasteiger partial charge in [-0.1, -0.05) is 24.0 Å². The van der Waals surface area contributed by atoms with Crippen molar-refractivity contribution in [2.24, 2.45) is 5.92 Å². The Morgan fingerprint density at radius 3 is 2.62 bits per heavy atom. The van der Waals surface area contributed by atoms with Crippen LogP contribution in [0.25, 0.3) is 6.08 Å². The topological polar surface area (TPSA) is 63.4 Å². The first-order chi connectivity index (χ1) is 10.0. The lowest BCUT2D eigenvalue weighted by molar-refractivity contribution is -0.384. The van der Waals surface area contributed by atoms with Gasteiger partial charge in [0.1, 0.15) is 4.32 Å². The van der Waals surface area contributed by atoms with Crippen molar-refractivity contribution in [3.63, 3.8) is 0 Å². The van der Waals surface area contributed by atoms with E-state index in [1.165, 1.54) is 36.7 Å². The van der Waals surface area contributed by atoms with Crippen LogP contribution in [0.3, 0.4) is 0 Å². The van der Waals surface area contributed by atoms with Gasteiger partial charge in [-0.15, -0.1) is 0 Å². The molecule has 0 spiro atoms. The molecule has 5 nitrogen and oxygen atoms in total. The van der Waals surface area contributed by atoms with Crippen LogP contribution in [0.1, 0.15) is 18.4 Å². The highest BCUT2D eigenvalue weighted by Gasteiger charge is 2.36. The summed E-state index contributed by atoms with van der Waals surface area (Å²) >= 11 is 6.54. The highest BCUT2D eigenvalue weighted by atomic mass is 32.2. The van der Waals surface area contributed by atoms with Gasteiger partial charge >= 0.3 is 0 Å². The van der Waals surface area contributed by atoms with Crippen LogP contribution >= 0.6 is 24.0 Å². The maximum absolute atomic E-state index is 12.3. The predicted octanol–water partition coefficient (Wildman–Crippen LogP) is 3.21. The van der Waals surface area contributed by atoms with E-state index in [1.807, 2.05) is 0 Å². The largest absolute Gasteiger partial charge is 0.293 e. The molecule has 1 aliphatic carbocycles. The molecule has 3 rings (SSSR count). The first kappa shape index (κ1) is 14.2. The Morgan fingerprint density at radius 1 is 1.38 bits per heavy atom. The Morgan fingerprint density at radius 2 is 2.05 bits per heavy atom. The van der Waals surface area contributed by atoms with E-state index in [0.717, 1.165) is 5.56 Å². The van der Waals surface area contributed by atoms with Gasteiger partial charge in [0.2, 0.25) is 0 Å². The minimum absolute atomic E-state index is 0.0356. The number of nitro benzene ring substituents is 1. The van der Waals surface area contributed by atoms with Gasteiger partial charge in [-0.25, -0.2) is 0 Å². The van der Waals surface area contributed by atoms with E-state index in [2.05, 4.69) is 0 Å². The Labute approximate surface area is 131 Å². The first-order valence-electron chi connectivity index (χ1n) is 6.54. The highest BCUT2D eigenvalue weighted by molar-refractivity contribution is 8.26. The Balaban J connectivity index is 1.77. The molecule has 1 saturated heterocycles.